The number of rotatable bonds is 0. The highest BCUT2D eigenvalue weighted by Crippen LogP contribution is 2.55. The SMILES string of the molecule is Cc1ccc2c(c1)C1(CCCCCCC1)c1cc(C)ccc1-2. The first-order valence-corrected chi connectivity index (χ1v) is 8.93. The quantitative estimate of drug-likeness (QED) is 0.533. The predicted molar refractivity (Wildman–Crippen MR) is 94.5 cm³/mol. The minimum absolute atomic E-state index is 0.295. The third-order valence-electron chi connectivity index (χ3n) is 5.88. The van der Waals surface area contributed by atoms with Crippen LogP contribution in [0.3, 0.4) is 0 Å². The van der Waals surface area contributed by atoms with Gasteiger partial charge in [-0.25, -0.2) is 0 Å². The fraction of sp³-hybridized carbons (Fsp3) is 0.455. The molecule has 0 atom stereocenters. The molecule has 0 bridgehead atoms. The van der Waals surface area contributed by atoms with Gasteiger partial charge in [-0.05, 0) is 48.9 Å². The molecule has 0 aromatic heterocycles. The van der Waals surface area contributed by atoms with E-state index in [2.05, 4.69) is 50.2 Å². The Morgan fingerprint density at radius 1 is 0.636 bits per heavy atom. The molecule has 22 heavy (non-hydrogen) atoms. The van der Waals surface area contributed by atoms with E-state index < -0.39 is 0 Å². The normalized spacial score (nSPS) is 19.4. The van der Waals surface area contributed by atoms with Crippen LogP contribution in [-0.2, 0) is 5.41 Å². The second-order valence-corrected chi connectivity index (χ2v) is 7.45. The Morgan fingerprint density at radius 3 is 1.59 bits per heavy atom. The summed E-state index contributed by atoms with van der Waals surface area (Å²) in [5.74, 6) is 0. The molecule has 0 heteroatoms. The van der Waals surface area contributed by atoms with E-state index in [1.54, 1.807) is 11.1 Å². The Bertz CT molecular complexity index is 646. The van der Waals surface area contributed by atoms with Gasteiger partial charge in [0.15, 0.2) is 0 Å². The van der Waals surface area contributed by atoms with Gasteiger partial charge in [-0.2, -0.15) is 0 Å². The van der Waals surface area contributed by atoms with Gasteiger partial charge in [0.05, 0.1) is 0 Å². The zero-order valence-electron chi connectivity index (χ0n) is 13.9. The lowest BCUT2D eigenvalue weighted by atomic mass is 9.69. The van der Waals surface area contributed by atoms with Crippen LogP contribution in [0.15, 0.2) is 36.4 Å². The van der Waals surface area contributed by atoms with Gasteiger partial charge in [0.1, 0.15) is 0 Å². The van der Waals surface area contributed by atoms with Gasteiger partial charge in [0.25, 0.3) is 0 Å². The molecule has 0 N–H and O–H groups in total. The molecule has 4 rings (SSSR count). The molecule has 0 radical (unpaired) electrons. The lowest BCUT2D eigenvalue weighted by Crippen LogP contribution is -2.26. The van der Waals surface area contributed by atoms with Gasteiger partial charge < -0.3 is 0 Å². The van der Waals surface area contributed by atoms with Crippen LogP contribution < -0.4 is 0 Å². The van der Waals surface area contributed by atoms with E-state index >= 15 is 0 Å². The van der Waals surface area contributed by atoms with Gasteiger partial charge >= 0.3 is 0 Å². The molecule has 1 saturated carbocycles. The van der Waals surface area contributed by atoms with Crippen molar-refractivity contribution in [2.45, 2.75) is 64.2 Å². The molecule has 0 aliphatic heterocycles. The highest BCUT2D eigenvalue weighted by molar-refractivity contribution is 5.81. The summed E-state index contributed by atoms with van der Waals surface area (Å²) in [6.45, 7) is 4.48. The average molecular weight is 290 g/mol. The molecule has 0 amide bonds. The van der Waals surface area contributed by atoms with Crippen molar-refractivity contribution in [1.29, 1.82) is 0 Å². The molecule has 0 heterocycles. The summed E-state index contributed by atoms with van der Waals surface area (Å²) in [5, 5.41) is 0. The van der Waals surface area contributed by atoms with Gasteiger partial charge in [-0.3, -0.25) is 0 Å². The van der Waals surface area contributed by atoms with Crippen molar-refractivity contribution in [2.75, 3.05) is 0 Å². The molecule has 1 spiro atoms. The van der Waals surface area contributed by atoms with Crippen LogP contribution in [0.5, 0.6) is 0 Å². The fourth-order valence-electron chi connectivity index (χ4n) is 4.77. The maximum Gasteiger partial charge on any atom is 0.0215 e. The standard InChI is InChI=1S/C22H26/c1-16-8-10-18-19-11-9-17(2)15-21(19)22(20(18)14-16)12-6-4-3-5-7-13-22/h8-11,14-15H,3-7,12-13H2,1-2H3. The Labute approximate surface area is 134 Å². The molecule has 2 aliphatic rings. The third-order valence-corrected chi connectivity index (χ3v) is 5.88. The van der Waals surface area contributed by atoms with E-state index in [-0.39, 0.29) is 0 Å². The summed E-state index contributed by atoms with van der Waals surface area (Å²) in [6, 6.07) is 14.3. The summed E-state index contributed by atoms with van der Waals surface area (Å²) < 4.78 is 0. The fourth-order valence-corrected chi connectivity index (χ4v) is 4.77. The van der Waals surface area contributed by atoms with Crippen LogP contribution >= 0.6 is 0 Å². The monoisotopic (exact) mass is 290 g/mol. The van der Waals surface area contributed by atoms with Crippen LogP contribution in [0, 0.1) is 13.8 Å². The smallest absolute Gasteiger partial charge is 0.0215 e. The van der Waals surface area contributed by atoms with E-state index in [4.69, 9.17) is 0 Å². The third kappa shape index (κ3) is 2.04. The number of aryl methyl sites for hydroxylation is 2. The molecular weight excluding hydrogens is 264 g/mol. The minimum atomic E-state index is 0.295. The first-order chi connectivity index (χ1) is 10.7. The molecule has 2 aromatic carbocycles. The minimum Gasteiger partial charge on any atom is -0.0587 e. The lowest BCUT2D eigenvalue weighted by Gasteiger charge is -2.34. The Hall–Kier alpha value is -1.56. The zero-order chi connectivity index (χ0) is 15.2. The van der Waals surface area contributed by atoms with Crippen LogP contribution in [0.4, 0.5) is 0 Å². The maximum absolute atomic E-state index is 2.48. The number of benzene rings is 2. The molecule has 2 aromatic rings. The van der Waals surface area contributed by atoms with Crippen LogP contribution in [0.1, 0.15) is 67.2 Å². The molecule has 2 aliphatic carbocycles. The molecule has 1 fully saturated rings. The van der Waals surface area contributed by atoms with E-state index in [0.29, 0.717) is 5.41 Å². The van der Waals surface area contributed by atoms with Crippen molar-refractivity contribution in [3.8, 4) is 11.1 Å². The van der Waals surface area contributed by atoms with Crippen molar-refractivity contribution in [3.05, 3.63) is 58.7 Å². The maximum atomic E-state index is 2.48. The second-order valence-electron chi connectivity index (χ2n) is 7.45. The summed E-state index contributed by atoms with van der Waals surface area (Å²) in [5.41, 5.74) is 9.35. The molecular formula is C22H26. The van der Waals surface area contributed by atoms with Gasteiger partial charge in [0.2, 0.25) is 0 Å². The van der Waals surface area contributed by atoms with Crippen LogP contribution in [0.2, 0.25) is 0 Å². The molecule has 114 valence electrons. The first-order valence-electron chi connectivity index (χ1n) is 8.93. The van der Waals surface area contributed by atoms with Gasteiger partial charge in [0, 0.05) is 5.41 Å². The first kappa shape index (κ1) is 14.1. The molecule has 0 unspecified atom stereocenters. The lowest BCUT2D eigenvalue weighted by molar-refractivity contribution is 0.373. The second kappa shape index (κ2) is 5.26. The Balaban J connectivity index is 1.96. The van der Waals surface area contributed by atoms with E-state index in [1.807, 2.05) is 0 Å². The van der Waals surface area contributed by atoms with Gasteiger partial charge in [-0.15, -0.1) is 0 Å². The zero-order valence-corrected chi connectivity index (χ0v) is 13.9. The summed E-state index contributed by atoms with van der Waals surface area (Å²) in [4.78, 5) is 0. The van der Waals surface area contributed by atoms with Gasteiger partial charge in [-0.1, -0.05) is 79.6 Å². The molecule has 0 nitrogen and oxygen atoms in total. The van der Waals surface area contributed by atoms with Crippen molar-refractivity contribution < 1.29 is 0 Å². The number of hydrogen-bond acceptors (Lipinski definition) is 0. The predicted octanol–water partition coefficient (Wildman–Crippen LogP) is 6.31. The van der Waals surface area contributed by atoms with Crippen molar-refractivity contribution in [1.82, 2.24) is 0 Å². The highest BCUT2D eigenvalue weighted by atomic mass is 14.4. The highest BCUT2D eigenvalue weighted by Gasteiger charge is 2.42. The summed E-state index contributed by atoms with van der Waals surface area (Å²) in [6.07, 6.45) is 9.66. The van der Waals surface area contributed by atoms with Crippen LogP contribution in [0.25, 0.3) is 11.1 Å². The van der Waals surface area contributed by atoms with Crippen LogP contribution in [-0.4, -0.2) is 0 Å². The Morgan fingerprint density at radius 2 is 1.09 bits per heavy atom. The van der Waals surface area contributed by atoms with E-state index in [0.717, 1.165) is 0 Å². The molecule has 0 saturated heterocycles. The average Bonchev–Trinajstić information content (AvgIpc) is 2.73. The summed E-state index contributed by atoms with van der Waals surface area (Å²) >= 11 is 0. The largest absolute Gasteiger partial charge is 0.0587 e. The summed E-state index contributed by atoms with van der Waals surface area (Å²) in [7, 11) is 0. The van der Waals surface area contributed by atoms with E-state index in [9.17, 15) is 0 Å². The van der Waals surface area contributed by atoms with E-state index in [1.165, 1.54) is 67.2 Å². The topological polar surface area (TPSA) is 0 Å². The van der Waals surface area contributed by atoms with Crippen molar-refractivity contribution in [3.63, 3.8) is 0 Å². The number of fused-ring (bicyclic) bond motifs is 5. The Kier molecular flexibility index (Phi) is 3.36. The number of hydrogen-bond donors (Lipinski definition) is 0. The van der Waals surface area contributed by atoms with Crippen molar-refractivity contribution in [2.24, 2.45) is 0 Å². The van der Waals surface area contributed by atoms with Crippen molar-refractivity contribution >= 4 is 0 Å².